The van der Waals surface area contributed by atoms with E-state index >= 15 is 0 Å². The second-order valence-electron chi connectivity index (χ2n) is 4.94. The first kappa shape index (κ1) is 14.9. The van der Waals surface area contributed by atoms with E-state index in [1.807, 2.05) is 13.8 Å². The van der Waals surface area contributed by atoms with Gasteiger partial charge in [-0.3, -0.25) is 0 Å². The van der Waals surface area contributed by atoms with Crippen LogP contribution in [0.1, 0.15) is 33.1 Å². The number of nitrogens with one attached hydrogen (secondary N) is 1. The van der Waals surface area contributed by atoms with Crippen LogP contribution in [0, 0.1) is 5.92 Å². The molecule has 0 bridgehead atoms. The van der Waals surface area contributed by atoms with E-state index < -0.39 is 10.0 Å². The molecule has 1 fully saturated rings. The fraction of sp³-hybridized carbons (Fsp3) is 1.00. The van der Waals surface area contributed by atoms with Crippen LogP contribution in [0.15, 0.2) is 0 Å². The lowest BCUT2D eigenvalue weighted by Crippen LogP contribution is -2.37. The van der Waals surface area contributed by atoms with Gasteiger partial charge in [-0.1, -0.05) is 6.42 Å². The maximum Gasteiger partial charge on any atom is 0.213 e. The first-order valence-electron chi connectivity index (χ1n) is 6.25. The third kappa shape index (κ3) is 5.81. The lowest BCUT2D eigenvalue weighted by atomic mass is 10.1. The molecule has 5 nitrogen and oxygen atoms in total. The highest BCUT2D eigenvalue weighted by molar-refractivity contribution is 7.89. The molecule has 1 aliphatic carbocycles. The summed E-state index contributed by atoms with van der Waals surface area (Å²) in [6.45, 7) is 4.48. The Morgan fingerprint density at radius 3 is 2.65 bits per heavy atom. The van der Waals surface area contributed by atoms with Crippen LogP contribution in [-0.2, 0) is 14.8 Å². The highest BCUT2D eigenvalue weighted by atomic mass is 32.2. The summed E-state index contributed by atoms with van der Waals surface area (Å²) in [6, 6.07) is 0.143. The Hall–Kier alpha value is -0.170. The van der Waals surface area contributed by atoms with Crippen molar-refractivity contribution in [3.63, 3.8) is 0 Å². The summed E-state index contributed by atoms with van der Waals surface area (Å²) in [4.78, 5) is 0. The Kier molecular flexibility index (Phi) is 5.85. The summed E-state index contributed by atoms with van der Waals surface area (Å²) < 4.78 is 31.1. The average Bonchev–Trinajstić information content (AvgIpc) is 2.60. The molecule has 6 heteroatoms. The van der Waals surface area contributed by atoms with Gasteiger partial charge in [0.05, 0.1) is 18.5 Å². The Labute approximate surface area is 104 Å². The van der Waals surface area contributed by atoms with Gasteiger partial charge in [-0.05, 0) is 32.6 Å². The largest absolute Gasteiger partial charge is 0.378 e. The van der Waals surface area contributed by atoms with E-state index in [0.717, 1.165) is 19.3 Å². The van der Waals surface area contributed by atoms with E-state index in [2.05, 4.69) is 4.72 Å². The minimum atomic E-state index is -3.22. The third-order valence-electron chi connectivity index (χ3n) is 3.09. The van der Waals surface area contributed by atoms with E-state index in [4.69, 9.17) is 10.5 Å². The highest BCUT2D eigenvalue weighted by Gasteiger charge is 2.25. The van der Waals surface area contributed by atoms with E-state index in [9.17, 15) is 8.42 Å². The van der Waals surface area contributed by atoms with Crippen molar-refractivity contribution in [1.82, 2.24) is 4.72 Å². The van der Waals surface area contributed by atoms with Crippen molar-refractivity contribution in [2.24, 2.45) is 11.7 Å². The fourth-order valence-corrected chi connectivity index (χ4v) is 2.95. The first-order chi connectivity index (χ1) is 7.91. The zero-order valence-corrected chi connectivity index (χ0v) is 11.5. The summed E-state index contributed by atoms with van der Waals surface area (Å²) in [7, 11) is -3.22. The first-order valence-corrected chi connectivity index (χ1v) is 7.90. The molecule has 0 aliphatic heterocycles. The van der Waals surface area contributed by atoms with Gasteiger partial charge in [0.1, 0.15) is 0 Å². The molecule has 0 amide bonds. The van der Waals surface area contributed by atoms with Gasteiger partial charge < -0.3 is 10.5 Å². The van der Waals surface area contributed by atoms with Gasteiger partial charge in [0, 0.05) is 12.6 Å². The highest BCUT2D eigenvalue weighted by Crippen LogP contribution is 2.23. The lowest BCUT2D eigenvalue weighted by Gasteiger charge is -2.16. The Morgan fingerprint density at radius 2 is 2.12 bits per heavy atom. The maximum atomic E-state index is 11.6. The summed E-state index contributed by atoms with van der Waals surface area (Å²) in [5.74, 6) is 0.309. The monoisotopic (exact) mass is 264 g/mol. The van der Waals surface area contributed by atoms with Crippen LogP contribution in [0.5, 0.6) is 0 Å². The van der Waals surface area contributed by atoms with Crippen LogP contribution in [-0.4, -0.2) is 39.5 Å². The van der Waals surface area contributed by atoms with Crippen LogP contribution >= 0.6 is 0 Å². The van der Waals surface area contributed by atoms with Gasteiger partial charge in [-0.15, -0.1) is 0 Å². The van der Waals surface area contributed by atoms with Crippen molar-refractivity contribution >= 4 is 10.0 Å². The van der Waals surface area contributed by atoms with Crippen molar-refractivity contribution < 1.29 is 13.2 Å². The molecule has 3 N–H and O–H groups in total. The van der Waals surface area contributed by atoms with Gasteiger partial charge in [0.2, 0.25) is 10.0 Å². The Balaban J connectivity index is 2.24. The molecule has 0 heterocycles. The van der Waals surface area contributed by atoms with E-state index in [1.54, 1.807) is 0 Å². The summed E-state index contributed by atoms with van der Waals surface area (Å²) in [6.07, 6.45) is 3.19. The molecule has 17 heavy (non-hydrogen) atoms. The van der Waals surface area contributed by atoms with Crippen LogP contribution in [0.4, 0.5) is 0 Å². The van der Waals surface area contributed by atoms with E-state index in [1.165, 1.54) is 0 Å². The third-order valence-corrected chi connectivity index (χ3v) is 4.40. The summed E-state index contributed by atoms with van der Waals surface area (Å²) >= 11 is 0. The van der Waals surface area contributed by atoms with Crippen molar-refractivity contribution in [3.05, 3.63) is 0 Å². The molecule has 2 atom stereocenters. The topological polar surface area (TPSA) is 81.4 Å². The number of sulfonamides is 1. The normalized spacial score (nSPS) is 25.6. The number of nitrogens with two attached hydrogens (primary N) is 1. The second kappa shape index (κ2) is 6.68. The van der Waals surface area contributed by atoms with E-state index in [0.29, 0.717) is 6.54 Å². The molecule has 1 rings (SSSR count). The lowest BCUT2D eigenvalue weighted by molar-refractivity contribution is 0.0911. The SMILES string of the molecule is CC(C)OCCS(=O)(=O)NCC1CCCC1N. The van der Waals surface area contributed by atoms with Crippen molar-refractivity contribution in [3.8, 4) is 0 Å². The molecule has 0 aromatic heterocycles. The maximum absolute atomic E-state index is 11.6. The van der Waals surface area contributed by atoms with Gasteiger partial charge >= 0.3 is 0 Å². The number of ether oxygens (including phenoxy) is 1. The van der Waals surface area contributed by atoms with Crippen molar-refractivity contribution in [1.29, 1.82) is 0 Å². The molecule has 1 saturated carbocycles. The molecule has 102 valence electrons. The molecular formula is C11H24N2O3S. The van der Waals surface area contributed by atoms with Crippen LogP contribution < -0.4 is 10.5 Å². The van der Waals surface area contributed by atoms with Gasteiger partial charge in [-0.25, -0.2) is 13.1 Å². The van der Waals surface area contributed by atoms with Crippen LogP contribution in [0.3, 0.4) is 0 Å². The number of hydrogen-bond donors (Lipinski definition) is 2. The quantitative estimate of drug-likeness (QED) is 0.700. The molecule has 0 saturated heterocycles. The smallest absolute Gasteiger partial charge is 0.213 e. The minimum Gasteiger partial charge on any atom is -0.378 e. The van der Waals surface area contributed by atoms with Gasteiger partial charge in [0.15, 0.2) is 0 Å². The average molecular weight is 264 g/mol. The van der Waals surface area contributed by atoms with Crippen LogP contribution in [0.2, 0.25) is 0 Å². The summed E-state index contributed by atoms with van der Waals surface area (Å²) in [5.41, 5.74) is 5.89. The molecule has 0 aromatic rings. The van der Waals surface area contributed by atoms with E-state index in [-0.39, 0.29) is 30.4 Å². The second-order valence-corrected chi connectivity index (χ2v) is 6.87. The summed E-state index contributed by atoms with van der Waals surface area (Å²) in [5, 5.41) is 0. The number of hydrogen-bond acceptors (Lipinski definition) is 4. The molecular weight excluding hydrogens is 240 g/mol. The van der Waals surface area contributed by atoms with Crippen molar-refractivity contribution in [2.75, 3.05) is 18.9 Å². The predicted octanol–water partition coefficient (Wildman–Crippen LogP) is 0.458. The molecule has 2 unspecified atom stereocenters. The van der Waals surface area contributed by atoms with Gasteiger partial charge in [-0.2, -0.15) is 0 Å². The Bertz CT molecular complexity index is 317. The number of rotatable bonds is 7. The Morgan fingerprint density at radius 1 is 1.41 bits per heavy atom. The standard InChI is InChI=1S/C11H24N2O3S/c1-9(2)16-6-7-17(14,15)13-8-10-4-3-5-11(10)12/h9-11,13H,3-8,12H2,1-2H3. The predicted molar refractivity (Wildman–Crippen MR) is 68.2 cm³/mol. The molecule has 0 aromatic carbocycles. The van der Waals surface area contributed by atoms with Gasteiger partial charge in [0.25, 0.3) is 0 Å². The molecule has 0 spiro atoms. The molecule has 1 aliphatic rings. The minimum absolute atomic E-state index is 0.0210. The fourth-order valence-electron chi connectivity index (χ4n) is 2.02. The van der Waals surface area contributed by atoms with Crippen LogP contribution in [0.25, 0.3) is 0 Å². The molecule has 0 radical (unpaired) electrons. The zero-order chi connectivity index (χ0) is 12.9. The van der Waals surface area contributed by atoms with Crippen molar-refractivity contribution in [2.45, 2.75) is 45.3 Å². The zero-order valence-electron chi connectivity index (χ0n) is 10.7.